The van der Waals surface area contributed by atoms with E-state index in [1.807, 2.05) is 30.3 Å². The van der Waals surface area contributed by atoms with Gasteiger partial charge in [-0.3, -0.25) is 25.2 Å². The summed E-state index contributed by atoms with van der Waals surface area (Å²) >= 11 is 0. The van der Waals surface area contributed by atoms with Crippen LogP contribution in [-0.4, -0.2) is 28.2 Å². The Hall–Kier alpha value is -3.99. The van der Waals surface area contributed by atoms with Crippen LogP contribution in [0.3, 0.4) is 0 Å². The predicted octanol–water partition coefficient (Wildman–Crippen LogP) is 3.87. The highest BCUT2D eigenvalue weighted by Crippen LogP contribution is 2.28. The molecule has 0 aliphatic rings. The molecule has 1 atom stereocenters. The third-order valence-electron chi connectivity index (χ3n) is 3.84. The van der Waals surface area contributed by atoms with E-state index in [0.29, 0.717) is 0 Å². The first-order chi connectivity index (χ1) is 14.0. The van der Waals surface area contributed by atoms with Crippen molar-refractivity contribution in [3.05, 3.63) is 91.9 Å². The molecule has 150 valence electrons. The molecule has 0 amide bonds. The standard InChI is InChI=1S/C18H16N4O7/c1-27-18(15-8-10-17(29-15)22(25)26)20(12-13-5-3-2-4-6-13)19-11-14-7-9-16(28-14)21(23)24/h2-11,18H,12H2,1H3/b19-11+. The molecule has 0 aliphatic heterocycles. The van der Waals surface area contributed by atoms with Gasteiger partial charge in [-0.25, -0.2) is 0 Å². The second-order valence-electron chi connectivity index (χ2n) is 5.78. The van der Waals surface area contributed by atoms with Crippen LogP contribution >= 0.6 is 0 Å². The monoisotopic (exact) mass is 400 g/mol. The molecule has 3 rings (SSSR count). The molecule has 2 heterocycles. The van der Waals surface area contributed by atoms with Crippen LogP contribution in [0, 0.1) is 20.2 Å². The van der Waals surface area contributed by atoms with Gasteiger partial charge in [0.1, 0.15) is 9.85 Å². The molecule has 1 aromatic carbocycles. The second-order valence-corrected chi connectivity index (χ2v) is 5.78. The Kier molecular flexibility index (Phi) is 6.00. The van der Waals surface area contributed by atoms with Crippen LogP contribution in [0.5, 0.6) is 0 Å². The van der Waals surface area contributed by atoms with Gasteiger partial charge in [-0.15, -0.1) is 0 Å². The zero-order valence-corrected chi connectivity index (χ0v) is 15.2. The van der Waals surface area contributed by atoms with Crippen LogP contribution < -0.4 is 0 Å². The lowest BCUT2D eigenvalue weighted by Gasteiger charge is -2.26. The van der Waals surface area contributed by atoms with Gasteiger partial charge in [0.15, 0.2) is 11.5 Å². The van der Waals surface area contributed by atoms with Crippen molar-refractivity contribution in [1.29, 1.82) is 0 Å². The summed E-state index contributed by atoms with van der Waals surface area (Å²) in [5.41, 5.74) is 0.887. The maximum Gasteiger partial charge on any atom is 0.433 e. The molecule has 29 heavy (non-hydrogen) atoms. The van der Waals surface area contributed by atoms with Crippen LogP contribution in [0.15, 0.2) is 68.5 Å². The Morgan fingerprint density at radius 2 is 1.69 bits per heavy atom. The lowest BCUT2D eigenvalue weighted by Crippen LogP contribution is -2.25. The molecule has 0 bridgehead atoms. The van der Waals surface area contributed by atoms with Gasteiger partial charge in [0.25, 0.3) is 0 Å². The number of methoxy groups -OCH3 is 1. The van der Waals surface area contributed by atoms with E-state index in [1.54, 1.807) is 0 Å². The quantitative estimate of drug-likeness (QED) is 0.228. The van der Waals surface area contributed by atoms with E-state index in [0.717, 1.165) is 5.56 Å². The first kappa shape index (κ1) is 19.8. The highest BCUT2D eigenvalue weighted by Gasteiger charge is 2.25. The topological polar surface area (TPSA) is 137 Å². The second kappa shape index (κ2) is 8.80. The molecule has 0 N–H and O–H groups in total. The molecule has 0 aliphatic carbocycles. The summed E-state index contributed by atoms with van der Waals surface area (Å²) in [5, 5.41) is 27.5. The summed E-state index contributed by atoms with van der Waals surface area (Å²) in [5.74, 6) is -0.494. The molecule has 0 radical (unpaired) electrons. The highest BCUT2D eigenvalue weighted by molar-refractivity contribution is 5.76. The summed E-state index contributed by atoms with van der Waals surface area (Å²) < 4.78 is 15.8. The van der Waals surface area contributed by atoms with E-state index in [4.69, 9.17) is 13.6 Å². The summed E-state index contributed by atoms with van der Waals surface area (Å²) in [6, 6.07) is 14.6. The molecule has 11 heteroatoms. The number of rotatable bonds is 9. The Morgan fingerprint density at radius 3 is 2.28 bits per heavy atom. The van der Waals surface area contributed by atoms with Gasteiger partial charge in [-0.05, 0) is 17.7 Å². The van der Waals surface area contributed by atoms with Crippen molar-refractivity contribution < 1.29 is 23.4 Å². The van der Waals surface area contributed by atoms with Gasteiger partial charge in [0.05, 0.1) is 24.9 Å². The maximum atomic E-state index is 10.9. The fraction of sp³-hybridized carbons (Fsp3) is 0.167. The number of hydrogen-bond acceptors (Lipinski definition) is 9. The summed E-state index contributed by atoms with van der Waals surface area (Å²) in [7, 11) is 1.41. The first-order valence-corrected chi connectivity index (χ1v) is 8.33. The summed E-state index contributed by atoms with van der Waals surface area (Å²) in [6.07, 6.45) is 0.407. The molecule has 11 nitrogen and oxygen atoms in total. The average molecular weight is 400 g/mol. The van der Waals surface area contributed by atoms with Crippen molar-refractivity contribution in [2.24, 2.45) is 5.10 Å². The molecule has 3 aromatic rings. The highest BCUT2D eigenvalue weighted by atomic mass is 16.7. The Labute approximate surface area is 164 Å². The molecule has 0 saturated carbocycles. The minimum absolute atomic E-state index is 0.162. The minimum atomic E-state index is -0.884. The zero-order chi connectivity index (χ0) is 20.8. The van der Waals surface area contributed by atoms with E-state index in [-0.39, 0.29) is 18.1 Å². The molecule has 1 unspecified atom stereocenters. The van der Waals surface area contributed by atoms with Crippen molar-refractivity contribution in [3.8, 4) is 0 Å². The third kappa shape index (κ3) is 4.84. The number of hydrogen-bond donors (Lipinski definition) is 0. The lowest BCUT2D eigenvalue weighted by atomic mass is 10.2. The Morgan fingerprint density at radius 1 is 1.03 bits per heavy atom. The normalized spacial score (nSPS) is 12.2. The van der Waals surface area contributed by atoms with Crippen LogP contribution in [0.25, 0.3) is 0 Å². The number of ether oxygens (including phenoxy) is 1. The van der Waals surface area contributed by atoms with Crippen molar-refractivity contribution in [2.45, 2.75) is 12.8 Å². The average Bonchev–Trinajstić information content (AvgIpc) is 3.37. The smallest absolute Gasteiger partial charge is 0.401 e. The first-order valence-electron chi connectivity index (χ1n) is 8.33. The summed E-state index contributed by atoms with van der Waals surface area (Å²) in [4.78, 5) is 20.4. The number of benzene rings is 1. The molecule has 0 spiro atoms. The van der Waals surface area contributed by atoms with Crippen LogP contribution in [0.1, 0.15) is 23.3 Å². The van der Waals surface area contributed by atoms with Crippen molar-refractivity contribution >= 4 is 18.0 Å². The number of nitro groups is 2. The van der Waals surface area contributed by atoms with Crippen molar-refractivity contribution in [2.75, 3.05) is 7.11 Å². The van der Waals surface area contributed by atoms with Crippen molar-refractivity contribution in [3.63, 3.8) is 0 Å². The molecular formula is C18H16N4O7. The van der Waals surface area contributed by atoms with Crippen LogP contribution in [-0.2, 0) is 11.3 Å². The Balaban J connectivity index is 1.90. The van der Waals surface area contributed by atoms with Gasteiger partial charge in [-0.2, -0.15) is 5.10 Å². The van der Waals surface area contributed by atoms with Crippen LogP contribution in [0.2, 0.25) is 0 Å². The number of furan rings is 2. The van der Waals surface area contributed by atoms with E-state index >= 15 is 0 Å². The fourth-order valence-corrected chi connectivity index (χ4v) is 2.55. The lowest BCUT2D eigenvalue weighted by molar-refractivity contribution is -0.402. The van der Waals surface area contributed by atoms with E-state index < -0.39 is 27.8 Å². The zero-order valence-electron chi connectivity index (χ0n) is 15.2. The third-order valence-corrected chi connectivity index (χ3v) is 3.84. The van der Waals surface area contributed by atoms with E-state index in [1.165, 1.54) is 42.6 Å². The minimum Gasteiger partial charge on any atom is -0.401 e. The van der Waals surface area contributed by atoms with E-state index in [9.17, 15) is 20.2 Å². The van der Waals surface area contributed by atoms with Crippen LogP contribution in [0.4, 0.5) is 11.8 Å². The molecule has 0 saturated heterocycles. The molecule has 2 aromatic heterocycles. The SMILES string of the molecule is COC(c1ccc([N+](=O)[O-])o1)N(Cc1ccccc1)/N=C/c1ccc([N+](=O)[O-])o1. The Bertz CT molecular complexity index is 1010. The van der Waals surface area contributed by atoms with Gasteiger partial charge >= 0.3 is 11.8 Å². The largest absolute Gasteiger partial charge is 0.433 e. The van der Waals surface area contributed by atoms with Gasteiger partial charge in [-0.1, -0.05) is 30.3 Å². The fourth-order valence-electron chi connectivity index (χ4n) is 2.55. The molecular weight excluding hydrogens is 384 g/mol. The van der Waals surface area contributed by atoms with Crippen molar-refractivity contribution in [1.82, 2.24) is 5.01 Å². The van der Waals surface area contributed by atoms with Gasteiger partial charge < -0.3 is 13.6 Å². The maximum absolute atomic E-state index is 10.9. The van der Waals surface area contributed by atoms with Gasteiger partial charge in [0, 0.05) is 7.11 Å². The van der Waals surface area contributed by atoms with Gasteiger partial charge in [0.2, 0.25) is 6.23 Å². The number of nitrogens with zero attached hydrogens (tertiary/aromatic N) is 4. The molecule has 0 fully saturated rings. The summed E-state index contributed by atoms with van der Waals surface area (Å²) in [6.45, 7) is 0.271. The predicted molar refractivity (Wildman–Crippen MR) is 100 cm³/mol. The van der Waals surface area contributed by atoms with E-state index in [2.05, 4.69) is 5.10 Å². The number of hydrazone groups is 1.